The Labute approximate surface area is 140 Å². The lowest BCUT2D eigenvalue weighted by atomic mass is 10.1. The van der Waals surface area contributed by atoms with Gasteiger partial charge < -0.3 is 15.5 Å². The molecule has 124 valence electrons. The number of amides is 1. The number of nitrogens with one attached hydrogen (secondary N) is 2. The second kappa shape index (κ2) is 10.6. The Kier molecular flexibility index (Phi) is 9.13. The van der Waals surface area contributed by atoms with Crippen molar-refractivity contribution in [2.24, 2.45) is 0 Å². The molecule has 1 aromatic rings. The van der Waals surface area contributed by atoms with Gasteiger partial charge in [-0.05, 0) is 31.9 Å². The van der Waals surface area contributed by atoms with E-state index in [0.29, 0.717) is 6.42 Å². The van der Waals surface area contributed by atoms with Crippen LogP contribution in [0.5, 0.6) is 0 Å². The fraction of sp³-hybridized carbons (Fsp3) is 0.588. The average Bonchev–Trinajstić information content (AvgIpc) is 2.51. The molecule has 1 aromatic carbocycles. The van der Waals surface area contributed by atoms with Crippen LogP contribution < -0.4 is 10.6 Å². The van der Waals surface area contributed by atoms with Crippen LogP contribution in [-0.4, -0.2) is 50.1 Å². The topological polar surface area (TPSA) is 44.4 Å². The van der Waals surface area contributed by atoms with Crippen molar-refractivity contribution in [1.82, 2.24) is 15.5 Å². The summed E-state index contributed by atoms with van der Waals surface area (Å²) in [6.45, 7) is 8.38. The summed E-state index contributed by atoms with van der Waals surface area (Å²) in [5.41, 5.74) is 2.50. The smallest absolute Gasteiger partial charge is 0.220 e. The highest BCUT2D eigenvalue weighted by atomic mass is 35.5. The number of aryl methyl sites for hydroxylation is 2. The van der Waals surface area contributed by atoms with E-state index in [2.05, 4.69) is 46.7 Å². The van der Waals surface area contributed by atoms with Crippen molar-refractivity contribution in [3.8, 4) is 0 Å². The van der Waals surface area contributed by atoms with Crippen LogP contribution in [-0.2, 0) is 11.2 Å². The molecule has 1 fully saturated rings. The van der Waals surface area contributed by atoms with E-state index in [4.69, 9.17) is 0 Å². The fourth-order valence-corrected chi connectivity index (χ4v) is 2.68. The van der Waals surface area contributed by atoms with E-state index in [0.717, 1.165) is 52.1 Å². The molecule has 22 heavy (non-hydrogen) atoms. The maximum Gasteiger partial charge on any atom is 0.220 e. The molecule has 0 bridgehead atoms. The second-order valence-corrected chi connectivity index (χ2v) is 5.78. The standard InChI is InChI=1S/C17H27N3O.ClH/c1-15-4-2-5-16(14-15)6-7-17(21)19-8-3-11-20-12-9-18-10-13-20;/h2,4-5,14,18H,3,6-13H2,1H3,(H,19,21);1H. The summed E-state index contributed by atoms with van der Waals surface area (Å²) in [7, 11) is 0. The van der Waals surface area contributed by atoms with E-state index in [1.54, 1.807) is 0 Å². The van der Waals surface area contributed by atoms with Gasteiger partial charge in [0.1, 0.15) is 0 Å². The highest BCUT2D eigenvalue weighted by molar-refractivity contribution is 5.85. The third-order valence-corrected chi connectivity index (χ3v) is 3.91. The SMILES string of the molecule is Cc1cccc(CCC(=O)NCCCN2CCNCC2)c1.Cl. The van der Waals surface area contributed by atoms with Gasteiger partial charge in [0, 0.05) is 39.1 Å². The first-order valence-electron chi connectivity index (χ1n) is 7.99. The van der Waals surface area contributed by atoms with Gasteiger partial charge in [-0.1, -0.05) is 29.8 Å². The minimum Gasteiger partial charge on any atom is -0.356 e. The summed E-state index contributed by atoms with van der Waals surface area (Å²) < 4.78 is 0. The van der Waals surface area contributed by atoms with Crippen molar-refractivity contribution in [1.29, 1.82) is 0 Å². The molecule has 1 amide bonds. The quantitative estimate of drug-likeness (QED) is 0.751. The lowest BCUT2D eigenvalue weighted by Crippen LogP contribution is -2.44. The van der Waals surface area contributed by atoms with Gasteiger partial charge in [-0.15, -0.1) is 12.4 Å². The molecular weight excluding hydrogens is 298 g/mol. The van der Waals surface area contributed by atoms with E-state index >= 15 is 0 Å². The van der Waals surface area contributed by atoms with Gasteiger partial charge in [0.05, 0.1) is 0 Å². The van der Waals surface area contributed by atoms with E-state index in [9.17, 15) is 4.79 Å². The van der Waals surface area contributed by atoms with Crippen molar-refractivity contribution >= 4 is 18.3 Å². The first-order valence-corrected chi connectivity index (χ1v) is 7.99. The van der Waals surface area contributed by atoms with Crippen LogP contribution in [0.4, 0.5) is 0 Å². The minimum atomic E-state index is 0. The number of carbonyl (C=O) groups excluding carboxylic acids is 1. The van der Waals surface area contributed by atoms with Crippen LogP contribution in [0, 0.1) is 6.92 Å². The Bertz CT molecular complexity index is 447. The largest absolute Gasteiger partial charge is 0.356 e. The van der Waals surface area contributed by atoms with Gasteiger partial charge in [0.2, 0.25) is 5.91 Å². The first kappa shape index (κ1) is 18.9. The molecule has 0 atom stereocenters. The van der Waals surface area contributed by atoms with Crippen molar-refractivity contribution < 1.29 is 4.79 Å². The second-order valence-electron chi connectivity index (χ2n) is 5.78. The Hall–Kier alpha value is -1.10. The number of carbonyl (C=O) groups is 1. The van der Waals surface area contributed by atoms with Gasteiger partial charge >= 0.3 is 0 Å². The van der Waals surface area contributed by atoms with Gasteiger partial charge in [-0.2, -0.15) is 0 Å². The van der Waals surface area contributed by atoms with Gasteiger partial charge in [0.25, 0.3) is 0 Å². The number of piperazine rings is 1. The molecule has 4 nitrogen and oxygen atoms in total. The Morgan fingerprint density at radius 1 is 1.32 bits per heavy atom. The van der Waals surface area contributed by atoms with Crippen LogP contribution >= 0.6 is 12.4 Å². The maximum atomic E-state index is 11.8. The maximum absolute atomic E-state index is 11.8. The summed E-state index contributed by atoms with van der Waals surface area (Å²) in [6.07, 6.45) is 2.44. The van der Waals surface area contributed by atoms with Crippen molar-refractivity contribution in [2.45, 2.75) is 26.2 Å². The predicted octanol–water partition coefficient (Wildman–Crippen LogP) is 1.76. The Balaban J connectivity index is 0.00000242. The van der Waals surface area contributed by atoms with Crippen LogP contribution in [0.1, 0.15) is 24.0 Å². The molecule has 0 unspecified atom stereocenters. The number of hydrogen-bond acceptors (Lipinski definition) is 3. The average molecular weight is 326 g/mol. The fourth-order valence-electron chi connectivity index (χ4n) is 2.68. The van der Waals surface area contributed by atoms with Crippen LogP contribution in [0.15, 0.2) is 24.3 Å². The van der Waals surface area contributed by atoms with E-state index in [1.807, 2.05) is 0 Å². The molecule has 2 N–H and O–H groups in total. The summed E-state index contributed by atoms with van der Waals surface area (Å²) in [5, 5.41) is 6.37. The Morgan fingerprint density at radius 2 is 2.09 bits per heavy atom. The van der Waals surface area contributed by atoms with Crippen molar-refractivity contribution in [3.63, 3.8) is 0 Å². The molecule has 2 rings (SSSR count). The summed E-state index contributed by atoms with van der Waals surface area (Å²) in [4.78, 5) is 14.3. The van der Waals surface area contributed by atoms with Crippen LogP contribution in [0.25, 0.3) is 0 Å². The summed E-state index contributed by atoms with van der Waals surface area (Å²) in [5.74, 6) is 0.164. The molecular formula is C17H28ClN3O. The first-order chi connectivity index (χ1) is 10.2. The molecule has 1 aliphatic rings. The van der Waals surface area contributed by atoms with Crippen molar-refractivity contribution in [3.05, 3.63) is 35.4 Å². The molecule has 0 saturated carbocycles. The molecule has 5 heteroatoms. The van der Waals surface area contributed by atoms with Gasteiger partial charge in [-0.3, -0.25) is 4.79 Å². The predicted molar refractivity (Wildman–Crippen MR) is 93.7 cm³/mol. The highest BCUT2D eigenvalue weighted by Crippen LogP contribution is 2.06. The minimum absolute atomic E-state index is 0. The zero-order chi connectivity index (χ0) is 14.9. The lowest BCUT2D eigenvalue weighted by molar-refractivity contribution is -0.121. The van der Waals surface area contributed by atoms with E-state index in [1.165, 1.54) is 11.1 Å². The number of rotatable bonds is 7. The lowest BCUT2D eigenvalue weighted by Gasteiger charge is -2.27. The summed E-state index contributed by atoms with van der Waals surface area (Å²) in [6, 6.07) is 8.37. The third kappa shape index (κ3) is 7.25. The molecule has 1 saturated heterocycles. The molecule has 0 aromatic heterocycles. The Morgan fingerprint density at radius 3 is 2.82 bits per heavy atom. The zero-order valence-corrected chi connectivity index (χ0v) is 14.3. The van der Waals surface area contributed by atoms with Gasteiger partial charge in [0.15, 0.2) is 0 Å². The number of nitrogens with zero attached hydrogens (tertiary/aromatic N) is 1. The molecule has 0 spiro atoms. The monoisotopic (exact) mass is 325 g/mol. The van der Waals surface area contributed by atoms with Gasteiger partial charge in [-0.25, -0.2) is 0 Å². The molecule has 1 heterocycles. The third-order valence-electron chi connectivity index (χ3n) is 3.91. The number of halogens is 1. The van der Waals surface area contributed by atoms with Crippen LogP contribution in [0.2, 0.25) is 0 Å². The number of benzene rings is 1. The normalized spacial score (nSPS) is 15.1. The van der Waals surface area contributed by atoms with Crippen molar-refractivity contribution in [2.75, 3.05) is 39.3 Å². The van der Waals surface area contributed by atoms with E-state index < -0.39 is 0 Å². The zero-order valence-electron chi connectivity index (χ0n) is 13.4. The molecule has 0 aliphatic carbocycles. The summed E-state index contributed by atoms with van der Waals surface area (Å²) >= 11 is 0. The van der Waals surface area contributed by atoms with E-state index in [-0.39, 0.29) is 18.3 Å². The van der Waals surface area contributed by atoms with Crippen LogP contribution in [0.3, 0.4) is 0 Å². The molecule has 0 radical (unpaired) electrons. The number of hydrogen-bond donors (Lipinski definition) is 2. The highest BCUT2D eigenvalue weighted by Gasteiger charge is 2.08. The molecule has 1 aliphatic heterocycles.